The smallest absolute Gasteiger partial charge is 0.194 e. The van der Waals surface area contributed by atoms with Crippen LogP contribution >= 0.6 is 15.9 Å². The molecule has 0 aromatic carbocycles. The molecule has 0 aliphatic heterocycles. The standard InChI is InChI=1S/C18H26BrN5O/c1-12-8-21-16(13(2)17(12)25-6)9-22-18(20-3)24(5)11-15-7-14(19)10-23(15)4/h7-8,10H,9,11H2,1-6H3,(H,20,22). The first-order valence-electron chi connectivity index (χ1n) is 8.09. The Bertz CT molecular complexity index is 769. The maximum Gasteiger partial charge on any atom is 0.194 e. The molecule has 136 valence electrons. The maximum atomic E-state index is 5.48. The van der Waals surface area contributed by atoms with E-state index in [9.17, 15) is 0 Å². The van der Waals surface area contributed by atoms with E-state index in [4.69, 9.17) is 4.74 Å². The Hall–Kier alpha value is -2.02. The van der Waals surface area contributed by atoms with E-state index < -0.39 is 0 Å². The van der Waals surface area contributed by atoms with Gasteiger partial charge in [-0.3, -0.25) is 9.98 Å². The molecule has 25 heavy (non-hydrogen) atoms. The van der Waals surface area contributed by atoms with Gasteiger partial charge in [0, 0.05) is 54.8 Å². The van der Waals surface area contributed by atoms with E-state index in [-0.39, 0.29) is 0 Å². The minimum atomic E-state index is 0.594. The summed E-state index contributed by atoms with van der Waals surface area (Å²) in [5.74, 6) is 1.71. The van der Waals surface area contributed by atoms with Crippen LogP contribution in [0.1, 0.15) is 22.5 Å². The van der Waals surface area contributed by atoms with Gasteiger partial charge in [0.15, 0.2) is 5.96 Å². The molecule has 1 N–H and O–H groups in total. The highest BCUT2D eigenvalue weighted by atomic mass is 79.9. The summed E-state index contributed by atoms with van der Waals surface area (Å²) in [4.78, 5) is 11.0. The van der Waals surface area contributed by atoms with Crippen molar-refractivity contribution in [3.63, 3.8) is 0 Å². The van der Waals surface area contributed by atoms with Crippen molar-refractivity contribution >= 4 is 21.9 Å². The SMILES string of the molecule is CN=C(NCc1ncc(C)c(OC)c1C)N(C)Cc1cc(Br)cn1C. The molecule has 0 spiro atoms. The molecule has 0 aliphatic carbocycles. The lowest BCUT2D eigenvalue weighted by Gasteiger charge is -2.23. The predicted molar refractivity (Wildman–Crippen MR) is 105 cm³/mol. The minimum absolute atomic E-state index is 0.594. The van der Waals surface area contributed by atoms with Crippen molar-refractivity contribution in [3.8, 4) is 5.75 Å². The number of methoxy groups -OCH3 is 1. The number of guanidine groups is 1. The quantitative estimate of drug-likeness (QED) is 0.611. The molecule has 2 aromatic rings. The third-order valence-corrected chi connectivity index (χ3v) is 4.64. The predicted octanol–water partition coefficient (Wildman–Crippen LogP) is 3.02. The molecule has 2 rings (SSSR count). The van der Waals surface area contributed by atoms with Crippen LogP contribution in [0.3, 0.4) is 0 Å². The van der Waals surface area contributed by atoms with Crippen LogP contribution in [-0.2, 0) is 20.1 Å². The third-order valence-electron chi connectivity index (χ3n) is 4.21. The number of nitrogens with one attached hydrogen (secondary N) is 1. The van der Waals surface area contributed by atoms with Gasteiger partial charge in [-0.15, -0.1) is 0 Å². The van der Waals surface area contributed by atoms with Gasteiger partial charge in [0.1, 0.15) is 5.75 Å². The second kappa shape index (κ2) is 8.38. The zero-order valence-electron chi connectivity index (χ0n) is 15.7. The fraction of sp³-hybridized carbons (Fsp3) is 0.444. The lowest BCUT2D eigenvalue weighted by Crippen LogP contribution is -2.38. The highest BCUT2D eigenvalue weighted by Gasteiger charge is 2.13. The van der Waals surface area contributed by atoms with Crippen LogP contribution in [0.2, 0.25) is 0 Å². The third kappa shape index (κ3) is 4.54. The normalized spacial score (nSPS) is 11.6. The van der Waals surface area contributed by atoms with Crippen molar-refractivity contribution in [1.82, 2.24) is 19.8 Å². The van der Waals surface area contributed by atoms with Crippen molar-refractivity contribution in [2.45, 2.75) is 26.9 Å². The molecule has 0 unspecified atom stereocenters. The molecule has 0 saturated carbocycles. The fourth-order valence-corrected chi connectivity index (χ4v) is 3.41. The Morgan fingerprint density at radius 2 is 2.16 bits per heavy atom. The number of nitrogens with zero attached hydrogens (tertiary/aromatic N) is 4. The Morgan fingerprint density at radius 3 is 2.72 bits per heavy atom. The zero-order valence-corrected chi connectivity index (χ0v) is 17.3. The van der Waals surface area contributed by atoms with E-state index in [1.165, 1.54) is 5.69 Å². The number of aromatic nitrogens is 2. The second-order valence-corrected chi connectivity index (χ2v) is 6.98. The molecule has 0 saturated heterocycles. The van der Waals surface area contributed by atoms with E-state index in [1.807, 2.05) is 40.3 Å². The molecule has 0 radical (unpaired) electrons. The number of ether oxygens (including phenoxy) is 1. The number of pyridine rings is 1. The van der Waals surface area contributed by atoms with E-state index in [1.54, 1.807) is 14.2 Å². The highest BCUT2D eigenvalue weighted by Crippen LogP contribution is 2.23. The van der Waals surface area contributed by atoms with Gasteiger partial charge in [0.2, 0.25) is 0 Å². The number of hydrogen-bond donors (Lipinski definition) is 1. The molecule has 0 fully saturated rings. The van der Waals surface area contributed by atoms with Gasteiger partial charge in [-0.25, -0.2) is 0 Å². The minimum Gasteiger partial charge on any atom is -0.496 e. The van der Waals surface area contributed by atoms with Crippen LogP contribution in [0.4, 0.5) is 0 Å². The van der Waals surface area contributed by atoms with Crippen LogP contribution in [-0.4, -0.2) is 41.6 Å². The summed E-state index contributed by atoms with van der Waals surface area (Å²) in [5.41, 5.74) is 4.25. The van der Waals surface area contributed by atoms with Gasteiger partial charge >= 0.3 is 0 Å². The van der Waals surface area contributed by atoms with Gasteiger partial charge in [0.05, 0.1) is 25.9 Å². The first-order valence-corrected chi connectivity index (χ1v) is 8.88. The lowest BCUT2D eigenvalue weighted by atomic mass is 10.1. The molecule has 0 bridgehead atoms. The summed E-state index contributed by atoms with van der Waals surface area (Å²) in [6, 6.07) is 2.11. The summed E-state index contributed by atoms with van der Waals surface area (Å²) >= 11 is 3.51. The molecule has 0 amide bonds. The first-order chi connectivity index (χ1) is 11.9. The number of rotatable bonds is 5. The Morgan fingerprint density at radius 1 is 1.44 bits per heavy atom. The first kappa shape index (κ1) is 19.3. The maximum absolute atomic E-state index is 5.48. The molecule has 6 nitrogen and oxygen atoms in total. The van der Waals surface area contributed by atoms with Crippen LogP contribution in [0.25, 0.3) is 0 Å². The Kier molecular flexibility index (Phi) is 6.47. The van der Waals surface area contributed by atoms with Crippen LogP contribution in [0.15, 0.2) is 27.9 Å². The van der Waals surface area contributed by atoms with Crippen molar-refractivity contribution in [3.05, 3.63) is 45.4 Å². The summed E-state index contributed by atoms with van der Waals surface area (Å²) < 4.78 is 8.65. The average Bonchev–Trinajstić information content (AvgIpc) is 2.87. The van der Waals surface area contributed by atoms with Crippen LogP contribution < -0.4 is 10.1 Å². The van der Waals surface area contributed by atoms with Crippen molar-refractivity contribution < 1.29 is 4.74 Å². The number of hydrogen-bond acceptors (Lipinski definition) is 3. The van der Waals surface area contributed by atoms with Gasteiger partial charge < -0.3 is 19.5 Å². The molecule has 7 heteroatoms. The number of aliphatic imine (C=N–C) groups is 1. The molecular formula is C18H26BrN5O. The van der Waals surface area contributed by atoms with Crippen molar-refractivity contribution in [2.24, 2.45) is 12.0 Å². The van der Waals surface area contributed by atoms with E-state index >= 15 is 0 Å². The van der Waals surface area contributed by atoms with E-state index in [0.29, 0.717) is 6.54 Å². The number of aryl methyl sites for hydroxylation is 2. The molecule has 0 atom stereocenters. The van der Waals surface area contributed by atoms with Gasteiger partial charge in [-0.2, -0.15) is 0 Å². The summed E-state index contributed by atoms with van der Waals surface area (Å²) in [6.45, 7) is 5.38. The molecule has 0 aliphatic rings. The van der Waals surface area contributed by atoms with Crippen molar-refractivity contribution in [1.29, 1.82) is 0 Å². The number of halogens is 1. The summed E-state index contributed by atoms with van der Waals surface area (Å²) in [7, 11) is 7.54. The van der Waals surface area contributed by atoms with E-state index in [0.717, 1.165) is 39.5 Å². The summed E-state index contributed by atoms with van der Waals surface area (Å²) in [5, 5.41) is 3.38. The largest absolute Gasteiger partial charge is 0.496 e. The molecular weight excluding hydrogens is 382 g/mol. The highest BCUT2D eigenvalue weighted by molar-refractivity contribution is 9.10. The molecule has 2 aromatic heterocycles. The monoisotopic (exact) mass is 407 g/mol. The second-order valence-electron chi connectivity index (χ2n) is 6.06. The topological polar surface area (TPSA) is 54.7 Å². The van der Waals surface area contributed by atoms with Gasteiger partial charge in [-0.1, -0.05) is 0 Å². The van der Waals surface area contributed by atoms with Gasteiger partial charge in [0.25, 0.3) is 0 Å². The van der Waals surface area contributed by atoms with Crippen LogP contribution in [0, 0.1) is 13.8 Å². The Balaban J connectivity index is 2.06. The fourth-order valence-electron chi connectivity index (χ4n) is 2.84. The van der Waals surface area contributed by atoms with Crippen molar-refractivity contribution in [2.75, 3.05) is 21.2 Å². The van der Waals surface area contributed by atoms with Crippen LogP contribution in [0.5, 0.6) is 5.75 Å². The van der Waals surface area contributed by atoms with E-state index in [2.05, 4.69) is 46.8 Å². The zero-order chi connectivity index (χ0) is 18.6. The molecule has 2 heterocycles. The summed E-state index contributed by atoms with van der Waals surface area (Å²) in [6.07, 6.45) is 3.89. The van der Waals surface area contributed by atoms with Gasteiger partial charge in [-0.05, 0) is 35.8 Å². The Labute approximate surface area is 158 Å². The lowest BCUT2D eigenvalue weighted by molar-refractivity contribution is 0.406. The average molecular weight is 408 g/mol.